The Labute approximate surface area is 129 Å². The van der Waals surface area contributed by atoms with Crippen molar-refractivity contribution in [3.05, 3.63) is 65.7 Å². The van der Waals surface area contributed by atoms with E-state index >= 15 is 0 Å². The molecule has 1 amide bonds. The zero-order valence-electron chi connectivity index (χ0n) is 11.6. The highest BCUT2D eigenvalue weighted by Crippen LogP contribution is 2.18. The molecule has 0 radical (unpaired) electrons. The first-order valence-corrected chi connectivity index (χ1v) is 6.43. The Hall–Kier alpha value is -2.83. The van der Waals surface area contributed by atoms with Gasteiger partial charge in [0.25, 0.3) is 0 Å². The Morgan fingerprint density at radius 1 is 1.04 bits per heavy atom. The summed E-state index contributed by atoms with van der Waals surface area (Å²) in [6.45, 7) is -2.92. The zero-order chi connectivity index (χ0) is 16.8. The summed E-state index contributed by atoms with van der Waals surface area (Å²) in [4.78, 5) is 11.6. The second-order valence-corrected chi connectivity index (χ2v) is 4.37. The third-order valence-electron chi connectivity index (χ3n) is 2.74. The number of nitrogens with one attached hydrogen (secondary N) is 1. The fraction of sp³-hybridized carbons (Fsp3) is 0.0625. The van der Waals surface area contributed by atoms with Crippen LogP contribution in [0.1, 0.15) is 5.56 Å². The molecule has 0 aliphatic rings. The predicted molar refractivity (Wildman–Crippen MR) is 77.1 cm³/mol. The molecule has 0 unspecified atom stereocenters. The van der Waals surface area contributed by atoms with Crippen LogP contribution >= 0.6 is 0 Å². The smallest absolute Gasteiger partial charge is 0.387 e. The van der Waals surface area contributed by atoms with Crippen molar-refractivity contribution >= 4 is 17.7 Å². The van der Waals surface area contributed by atoms with Gasteiger partial charge in [-0.15, -0.1) is 0 Å². The number of halogens is 4. The normalized spacial score (nSPS) is 11.0. The molecule has 7 heteroatoms. The minimum Gasteiger partial charge on any atom is -0.435 e. The van der Waals surface area contributed by atoms with Gasteiger partial charge in [0, 0.05) is 6.08 Å². The number of benzene rings is 2. The summed E-state index contributed by atoms with van der Waals surface area (Å²) in [5, 5.41) is 2.09. The number of ether oxygens (including phenoxy) is 1. The highest BCUT2D eigenvalue weighted by molar-refractivity contribution is 6.02. The van der Waals surface area contributed by atoms with Crippen LogP contribution in [0.3, 0.4) is 0 Å². The molecule has 0 fully saturated rings. The summed E-state index contributed by atoms with van der Waals surface area (Å²) in [5.74, 6) is -2.53. The van der Waals surface area contributed by atoms with Crippen molar-refractivity contribution in [3.63, 3.8) is 0 Å². The van der Waals surface area contributed by atoms with E-state index in [1.54, 1.807) is 0 Å². The standard InChI is InChI=1S/C16H11F4NO2/c17-12-2-1-3-13(18)15(12)21-14(22)9-6-10-4-7-11(8-5-10)23-16(19)20/h1-9,16H,(H,21,22)/b9-6+. The molecule has 2 aromatic rings. The fourth-order valence-electron chi connectivity index (χ4n) is 1.71. The van der Waals surface area contributed by atoms with E-state index in [4.69, 9.17) is 0 Å². The quantitative estimate of drug-likeness (QED) is 0.660. The number of amides is 1. The fourth-order valence-corrected chi connectivity index (χ4v) is 1.71. The van der Waals surface area contributed by atoms with Gasteiger partial charge in [-0.2, -0.15) is 8.78 Å². The minimum absolute atomic E-state index is 0.0185. The lowest BCUT2D eigenvalue weighted by molar-refractivity contribution is -0.111. The summed E-state index contributed by atoms with van der Waals surface area (Å²) in [5.41, 5.74) is -0.0152. The molecule has 0 bridgehead atoms. The summed E-state index contributed by atoms with van der Waals surface area (Å²) in [6, 6.07) is 8.73. The van der Waals surface area contributed by atoms with Crippen LogP contribution in [0.5, 0.6) is 5.75 Å². The Kier molecular flexibility index (Phi) is 5.35. The van der Waals surface area contributed by atoms with Crippen LogP contribution in [0.25, 0.3) is 6.08 Å². The van der Waals surface area contributed by atoms with Gasteiger partial charge in [-0.05, 0) is 35.9 Å². The maximum atomic E-state index is 13.4. The van der Waals surface area contributed by atoms with Gasteiger partial charge in [-0.25, -0.2) is 8.78 Å². The van der Waals surface area contributed by atoms with Crippen molar-refractivity contribution < 1.29 is 27.1 Å². The first kappa shape index (κ1) is 16.5. The maximum absolute atomic E-state index is 13.4. The Morgan fingerprint density at radius 3 is 2.22 bits per heavy atom. The molecule has 2 aromatic carbocycles. The SMILES string of the molecule is O=C(/C=C/c1ccc(OC(F)F)cc1)Nc1c(F)cccc1F. The number of alkyl halides is 2. The van der Waals surface area contributed by atoms with Gasteiger partial charge in [-0.3, -0.25) is 4.79 Å². The van der Waals surface area contributed by atoms with Crippen LogP contribution < -0.4 is 10.1 Å². The predicted octanol–water partition coefficient (Wildman–Crippen LogP) is 4.22. The van der Waals surface area contributed by atoms with Crippen LogP contribution in [-0.2, 0) is 4.79 Å². The molecular formula is C16H11F4NO2. The lowest BCUT2D eigenvalue weighted by Gasteiger charge is -2.05. The first-order chi connectivity index (χ1) is 11.0. The minimum atomic E-state index is -2.92. The molecule has 0 spiro atoms. The number of carbonyl (C=O) groups excluding carboxylic acids is 1. The van der Waals surface area contributed by atoms with Crippen LogP contribution in [0.15, 0.2) is 48.5 Å². The number of hydrogen-bond acceptors (Lipinski definition) is 2. The molecule has 0 heterocycles. The largest absolute Gasteiger partial charge is 0.435 e. The highest BCUT2D eigenvalue weighted by Gasteiger charge is 2.10. The molecule has 3 nitrogen and oxygen atoms in total. The third-order valence-corrected chi connectivity index (χ3v) is 2.74. The van der Waals surface area contributed by atoms with Gasteiger partial charge in [-0.1, -0.05) is 18.2 Å². The lowest BCUT2D eigenvalue weighted by atomic mass is 10.2. The van der Waals surface area contributed by atoms with Crippen LogP contribution in [0.2, 0.25) is 0 Å². The number of rotatable bonds is 5. The second-order valence-electron chi connectivity index (χ2n) is 4.37. The number of carbonyl (C=O) groups is 1. The zero-order valence-corrected chi connectivity index (χ0v) is 11.6. The number of hydrogen-bond donors (Lipinski definition) is 1. The molecule has 2 rings (SSSR count). The lowest BCUT2D eigenvalue weighted by Crippen LogP contribution is -2.10. The van der Waals surface area contributed by atoms with Gasteiger partial charge >= 0.3 is 6.61 Å². The van der Waals surface area contributed by atoms with E-state index < -0.39 is 29.8 Å². The van der Waals surface area contributed by atoms with Gasteiger partial charge in [0.15, 0.2) is 0 Å². The summed E-state index contributed by atoms with van der Waals surface area (Å²) in [6.07, 6.45) is 2.43. The molecule has 23 heavy (non-hydrogen) atoms. The summed E-state index contributed by atoms with van der Waals surface area (Å²) < 4.78 is 54.9. The second kappa shape index (κ2) is 7.44. The maximum Gasteiger partial charge on any atom is 0.387 e. The highest BCUT2D eigenvalue weighted by atomic mass is 19.3. The molecule has 0 aliphatic heterocycles. The van der Waals surface area contributed by atoms with E-state index in [-0.39, 0.29) is 5.75 Å². The average molecular weight is 325 g/mol. The Bertz CT molecular complexity index is 694. The molecule has 120 valence electrons. The Balaban J connectivity index is 2.01. The van der Waals surface area contributed by atoms with Crippen molar-refractivity contribution in [2.75, 3.05) is 5.32 Å². The van der Waals surface area contributed by atoms with E-state index in [1.807, 2.05) is 0 Å². The van der Waals surface area contributed by atoms with E-state index in [2.05, 4.69) is 10.1 Å². The third kappa shape index (κ3) is 4.84. The summed E-state index contributed by atoms with van der Waals surface area (Å²) >= 11 is 0. The topological polar surface area (TPSA) is 38.3 Å². The van der Waals surface area contributed by atoms with Gasteiger partial charge in [0.2, 0.25) is 5.91 Å². The first-order valence-electron chi connectivity index (χ1n) is 6.43. The van der Waals surface area contributed by atoms with E-state index in [9.17, 15) is 22.4 Å². The molecule has 0 aromatic heterocycles. The number of para-hydroxylation sites is 1. The molecule has 0 aliphatic carbocycles. The van der Waals surface area contributed by atoms with Crippen molar-refractivity contribution in [1.29, 1.82) is 0 Å². The average Bonchev–Trinajstić information content (AvgIpc) is 2.50. The van der Waals surface area contributed by atoms with Crippen LogP contribution in [0.4, 0.5) is 23.2 Å². The van der Waals surface area contributed by atoms with E-state index in [0.717, 1.165) is 18.2 Å². The van der Waals surface area contributed by atoms with E-state index in [0.29, 0.717) is 5.56 Å². The molecular weight excluding hydrogens is 314 g/mol. The summed E-state index contributed by atoms with van der Waals surface area (Å²) in [7, 11) is 0. The van der Waals surface area contributed by atoms with Crippen molar-refractivity contribution in [2.45, 2.75) is 6.61 Å². The monoisotopic (exact) mass is 325 g/mol. The van der Waals surface area contributed by atoms with Crippen LogP contribution in [0, 0.1) is 11.6 Å². The van der Waals surface area contributed by atoms with Crippen molar-refractivity contribution in [3.8, 4) is 5.75 Å². The Morgan fingerprint density at radius 2 is 1.65 bits per heavy atom. The molecule has 0 atom stereocenters. The molecule has 0 saturated carbocycles. The van der Waals surface area contributed by atoms with Crippen molar-refractivity contribution in [1.82, 2.24) is 0 Å². The number of anilines is 1. The molecule has 0 saturated heterocycles. The van der Waals surface area contributed by atoms with Gasteiger partial charge in [0.05, 0.1) is 0 Å². The van der Waals surface area contributed by atoms with Gasteiger partial charge in [0.1, 0.15) is 23.1 Å². The van der Waals surface area contributed by atoms with Crippen molar-refractivity contribution in [2.24, 2.45) is 0 Å². The van der Waals surface area contributed by atoms with E-state index in [1.165, 1.54) is 36.4 Å². The van der Waals surface area contributed by atoms with Gasteiger partial charge < -0.3 is 10.1 Å². The molecule has 1 N–H and O–H groups in total. The van der Waals surface area contributed by atoms with Crippen LogP contribution in [-0.4, -0.2) is 12.5 Å².